The molecule has 1 aliphatic heterocycles. The van der Waals surface area contributed by atoms with Crippen LogP contribution >= 0.6 is 0 Å². The van der Waals surface area contributed by atoms with Gasteiger partial charge in [-0.25, -0.2) is 0 Å². The van der Waals surface area contributed by atoms with E-state index in [-0.39, 0.29) is 0 Å². The van der Waals surface area contributed by atoms with Crippen molar-refractivity contribution in [3.8, 4) is 0 Å². The fourth-order valence-electron chi connectivity index (χ4n) is 3.79. The monoisotopic (exact) mass is 302 g/mol. The molecule has 0 bridgehead atoms. The molecule has 1 saturated heterocycles. The molecule has 0 amide bonds. The molecule has 3 rings (SSSR count). The Morgan fingerprint density at radius 1 is 0.955 bits per heavy atom. The van der Waals surface area contributed by atoms with Crippen molar-refractivity contribution in [1.82, 2.24) is 5.32 Å². The Hall–Kier alpha value is -1.06. The average Bonchev–Trinajstić information content (AvgIpc) is 2.61. The summed E-state index contributed by atoms with van der Waals surface area (Å²) in [7, 11) is 0. The van der Waals surface area contributed by atoms with Gasteiger partial charge in [-0.1, -0.05) is 12.1 Å². The zero-order chi connectivity index (χ0) is 15.2. The second-order valence-electron chi connectivity index (χ2n) is 7.00. The Balaban J connectivity index is 1.45. The maximum Gasteiger partial charge on any atom is 0.0459 e. The van der Waals surface area contributed by atoms with Gasteiger partial charge in [0.05, 0.1) is 0 Å². The van der Waals surface area contributed by atoms with Gasteiger partial charge in [0.15, 0.2) is 0 Å². The number of nitrogens with zero attached hydrogens (tertiary/aromatic N) is 1. The van der Waals surface area contributed by atoms with Crippen molar-refractivity contribution in [3.05, 3.63) is 29.8 Å². The first kappa shape index (κ1) is 15.8. The maximum absolute atomic E-state index is 9.19. The third-order valence-electron chi connectivity index (χ3n) is 5.36. The second-order valence-corrected chi connectivity index (χ2v) is 7.00. The van der Waals surface area contributed by atoms with E-state index in [4.69, 9.17) is 0 Å². The molecular formula is C19H30N2O. The van der Waals surface area contributed by atoms with E-state index < -0.39 is 0 Å². The van der Waals surface area contributed by atoms with E-state index >= 15 is 0 Å². The number of aliphatic hydroxyl groups excluding tert-OH is 1. The molecule has 2 N–H and O–H groups in total. The smallest absolute Gasteiger partial charge is 0.0459 e. The molecule has 0 spiro atoms. The van der Waals surface area contributed by atoms with Gasteiger partial charge >= 0.3 is 0 Å². The Morgan fingerprint density at radius 3 is 2.27 bits per heavy atom. The minimum atomic E-state index is 0.366. The van der Waals surface area contributed by atoms with Gasteiger partial charge in [-0.15, -0.1) is 0 Å². The number of rotatable bonds is 5. The molecule has 1 aromatic carbocycles. The lowest BCUT2D eigenvalue weighted by Gasteiger charge is -2.29. The molecule has 2 fully saturated rings. The van der Waals surface area contributed by atoms with Crippen molar-refractivity contribution >= 4 is 5.69 Å². The van der Waals surface area contributed by atoms with E-state index in [0.717, 1.165) is 6.54 Å². The summed E-state index contributed by atoms with van der Waals surface area (Å²) in [5.74, 6) is 0.543. The maximum atomic E-state index is 9.19. The highest BCUT2D eigenvalue weighted by Crippen LogP contribution is 2.24. The fourth-order valence-corrected chi connectivity index (χ4v) is 3.79. The highest BCUT2D eigenvalue weighted by Gasteiger charge is 2.20. The van der Waals surface area contributed by atoms with Crippen LogP contribution in [0.15, 0.2) is 24.3 Å². The largest absolute Gasteiger partial charge is 0.396 e. The lowest BCUT2D eigenvalue weighted by molar-refractivity contribution is 0.175. The summed E-state index contributed by atoms with van der Waals surface area (Å²) in [6.07, 6.45) is 8.80. The molecule has 0 radical (unpaired) electrons. The number of anilines is 1. The summed E-state index contributed by atoms with van der Waals surface area (Å²) < 4.78 is 0. The molecule has 0 atom stereocenters. The van der Waals surface area contributed by atoms with Gasteiger partial charge in [-0.05, 0) is 68.6 Å². The number of piperidine rings is 1. The summed E-state index contributed by atoms with van der Waals surface area (Å²) in [5.41, 5.74) is 2.76. The van der Waals surface area contributed by atoms with Crippen LogP contribution in [0.1, 0.15) is 50.5 Å². The highest BCUT2D eigenvalue weighted by molar-refractivity contribution is 5.47. The predicted molar refractivity (Wildman–Crippen MR) is 92.2 cm³/mol. The van der Waals surface area contributed by atoms with Gasteiger partial charge in [0, 0.05) is 38.0 Å². The van der Waals surface area contributed by atoms with Crippen LogP contribution in [0, 0.1) is 5.92 Å². The van der Waals surface area contributed by atoms with E-state index in [1.807, 2.05) is 0 Å². The molecule has 1 heterocycles. The molecule has 1 aromatic rings. The first-order valence-corrected chi connectivity index (χ1v) is 9.03. The molecule has 22 heavy (non-hydrogen) atoms. The molecule has 122 valence electrons. The van der Waals surface area contributed by atoms with Crippen LogP contribution in [0.4, 0.5) is 5.69 Å². The lowest BCUT2D eigenvalue weighted by Crippen LogP contribution is -2.33. The van der Waals surface area contributed by atoms with Gasteiger partial charge in [0.25, 0.3) is 0 Å². The van der Waals surface area contributed by atoms with Crippen molar-refractivity contribution in [1.29, 1.82) is 0 Å². The van der Waals surface area contributed by atoms with Crippen LogP contribution in [0.5, 0.6) is 0 Å². The Labute approximate surface area is 134 Å². The number of hydrogen-bond acceptors (Lipinski definition) is 3. The second kappa shape index (κ2) is 7.98. The van der Waals surface area contributed by atoms with Crippen molar-refractivity contribution < 1.29 is 5.11 Å². The van der Waals surface area contributed by atoms with E-state index in [0.29, 0.717) is 18.6 Å². The molecule has 3 heteroatoms. The zero-order valence-electron chi connectivity index (χ0n) is 13.6. The molecular weight excluding hydrogens is 272 g/mol. The first-order chi connectivity index (χ1) is 10.8. The predicted octanol–water partition coefficient (Wildman–Crippen LogP) is 3.32. The van der Waals surface area contributed by atoms with Crippen molar-refractivity contribution in [3.63, 3.8) is 0 Å². The number of nitrogens with one attached hydrogen (secondary N) is 1. The van der Waals surface area contributed by atoms with Crippen LogP contribution in [-0.2, 0) is 6.54 Å². The van der Waals surface area contributed by atoms with Crippen LogP contribution in [0.3, 0.4) is 0 Å². The topological polar surface area (TPSA) is 35.5 Å². The van der Waals surface area contributed by atoms with E-state index in [1.54, 1.807) is 0 Å². The van der Waals surface area contributed by atoms with Gasteiger partial charge < -0.3 is 15.3 Å². The minimum absolute atomic E-state index is 0.366. The summed E-state index contributed by atoms with van der Waals surface area (Å²) >= 11 is 0. The van der Waals surface area contributed by atoms with Crippen LogP contribution in [-0.4, -0.2) is 30.8 Å². The van der Waals surface area contributed by atoms with E-state index in [9.17, 15) is 5.11 Å². The SMILES string of the molecule is OCC1CCC(NCc2ccc(N3CCCCC3)cc2)CC1. The average molecular weight is 302 g/mol. The fraction of sp³-hybridized carbons (Fsp3) is 0.684. The van der Waals surface area contributed by atoms with Gasteiger partial charge in [0.1, 0.15) is 0 Å². The van der Waals surface area contributed by atoms with Gasteiger partial charge in [-0.2, -0.15) is 0 Å². The molecule has 2 aliphatic rings. The standard InChI is InChI=1S/C19H30N2O/c22-15-17-4-8-18(9-5-17)20-14-16-6-10-19(11-7-16)21-12-2-1-3-13-21/h6-7,10-11,17-18,20,22H,1-5,8-9,12-15H2. The summed E-state index contributed by atoms with van der Waals surface area (Å²) in [4.78, 5) is 2.51. The van der Waals surface area contributed by atoms with E-state index in [2.05, 4.69) is 34.5 Å². The Bertz CT molecular complexity index is 431. The van der Waals surface area contributed by atoms with Crippen LogP contribution < -0.4 is 10.2 Å². The van der Waals surface area contributed by atoms with Crippen molar-refractivity contribution in [2.45, 2.75) is 57.5 Å². The highest BCUT2D eigenvalue weighted by atomic mass is 16.3. The number of aliphatic hydroxyl groups is 1. The Morgan fingerprint density at radius 2 is 1.64 bits per heavy atom. The number of hydrogen-bond donors (Lipinski definition) is 2. The summed E-state index contributed by atoms with van der Waals surface area (Å²) in [5, 5.41) is 12.9. The normalized spacial score (nSPS) is 26.1. The lowest BCUT2D eigenvalue weighted by atomic mass is 9.86. The van der Waals surface area contributed by atoms with Crippen molar-refractivity contribution in [2.75, 3.05) is 24.6 Å². The van der Waals surface area contributed by atoms with Crippen LogP contribution in [0.2, 0.25) is 0 Å². The molecule has 0 unspecified atom stereocenters. The first-order valence-electron chi connectivity index (χ1n) is 9.03. The summed E-state index contributed by atoms with van der Waals surface area (Å²) in [6.45, 7) is 3.76. The third kappa shape index (κ3) is 4.23. The van der Waals surface area contributed by atoms with Crippen molar-refractivity contribution in [2.24, 2.45) is 5.92 Å². The Kier molecular flexibility index (Phi) is 5.74. The van der Waals surface area contributed by atoms with Crippen LogP contribution in [0.25, 0.3) is 0 Å². The number of benzene rings is 1. The minimum Gasteiger partial charge on any atom is -0.396 e. The molecule has 0 aromatic heterocycles. The summed E-state index contributed by atoms with van der Waals surface area (Å²) in [6, 6.07) is 9.74. The third-order valence-corrected chi connectivity index (χ3v) is 5.36. The molecule has 3 nitrogen and oxygen atoms in total. The molecule has 1 saturated carbocycles. The van der Waals surface area contributed by atoms with Gasteiger partial charge in [-0.3, -0.25) is 0 Å². The zero-order valence-corrected chi connectivity index (χ0v) is 13.6. The van der Waals surface area contributed by atoms with E-state index in [1.165, 1.54) is 69.3 Å². The molecule has 1 aliphatic carbocycles. The quantitative estimate of drug-likeness (QED) is 0.876. The van der Waals surface area contributed by atoms with Gasteiger partial charge in [0.2, 0.25) is 0 Å².